The van der Waals surface area contributed by atoms with Crippen LogP contribution in [-0.2, 0) is 30.4 Å². The van der Waals surface area contributed by atoms with E-state index in [1.54, 1.807) is 13.8 Å². The number of nitrogens with zero attached hydrogens (tertiary/aromatic N) is 1. The van der Waals surface area contributed by atoms with Crippen LogP contribution in [0.5, 0.6) is 0 Å². The maximum atomic E-state index is 13.0. The Labute approximate surface area is 190 Å². The zero-order valence-electron chi connectivity index (χ0n) is 18.5. The van der Waals surface area contributed by atoms with Crippen LogP contribution < -0.4 is 21.3 Å². The third-order valence-corrected chi connectivity index (χ3v) is 5.23. The van der Waals surface area contributed by atoms with Crippen LogP contribution in [0.1, 0.15) is 38.8 Å². The van der Waals surface area contributed by atoms with Crippen LogP contribution in [0, 0.1) is 5.92 Å². The fraction of sp³-hybridized carbons (Fsp3) is 0.600. The molecule has 0 radical (unpaired) electrons. The molecule has 1 aromatic rings. The minimum absolute atomic E-state index is 0.0233. The van der Waals surface area contributed by atoms with Crippen molar-refractivity contribution in [2.24, 2.45) is 5.92 Å². The van der Waals surface area contributed by atoms with Crippen molar-refractivity contribution in [3.05, 3.63) is 18.2 Å². The van der Waals surface area contributed by atoms with Crippen LogP contribution in [-0.4, -0.2) is 80.6 Å². The number of carbonyl (C=O) groups is 5. The Morgan fingerprint density at radius 1 is 1.09 bits per heavy atom. The lowest BCUT2D eigenvalue weighted by Crippen LogP contribution is -2.58. The van der Waals surface area contributed by atoms with Gasteiger partial charge >= 0.3 is 11.9 Å². The highest BCUT2D eigenvalue weighted by molar-refractivity contribution is 5.95. The van der Waals surface area contributed by atoms with Crippen molar-refractivity contribution >= 4 is 29.7 Å². The van der Waals surface area contributed by atoms with Crippen molar-refractivity contribution in [2.45, 2.75) is 63.7 Å². The fourth-order valence-corrected chi connectivity index (χ4v) is 3.43. The molecule has 2 heterocycles. The van der Waals surface area contributed by atoms with Crippen molar-refractivity contribution in [1.82, 2.24) is 31.2 Å². The molecule has 182 valence electrons. The van der Waals surface area contributed by atoms with E-state index in [1.807, 2.05) is 0 Å². The highest BCUT2D eigenvalue weighted by Gasteiger charge is 2.33. The second-order valence-electron chi connectivity index (χ2n) is 8.22. The summed E-state index contributed by atoms with van der Waals surface area (Å²) in [6.45, 7) is 3.84. The molecule has 1 aromatic heterocycles. The first kappa shape index (κ1) is 25.8. The van der Waals surface area contributed by atoms with E-state index >= 15 is 0 Å². The molecule has 1 fully saturated rings. The van der Waals surface area contributed by atoms with Crippen LogP contribution >= 0.6 is 0 Å². The minimum Gasteiger partial charge on any atom is -0.481 e. The Hall–Kier alpha value is -3.48. The summed E-state index contributed by atoms with van der Waals surface area (Å²) in [5.41, 5.74) is 0.541. The Kier molecular flexibility index (Phi) is 9.33. The van der Waals surface area contributed by atoms with Crippen LogP contribution in [0.25, 0.3) is 0 Å². The van der Waals surface area contributed by atoms with Gasteiger partial charge in [-0.25, -0.2) is 9.78 Å². The molecule has 0 spiro atoms. The van der Waals surface area contributed by atoms with Gasteiger partial charge in [-0.15, -0.1) is 0 Å². The number of H-pyrrole nitrogens is 1. The first-order chi connectivity index (χ1) is 15.6. The number of aliphatic carboxylic acids is 2. The molecule has 1 aliphatic heterocycles. The zero-order chi connectivity index (χ0) is 24.5. The largest absolute Gasteiger partial charge is 0.481 e. The minimum atomic E-state index is -1.54. The van der Waals surface area contributed by atoms with Gasteiger partial charge in [-0.05, 0) is 25.3 Å². The summed E-state index contributed by atoms with van der Waals surface area (Å²) in [6.07, 6.45) is 3.56. The van der Waals surface area contributed by atoms with E-state index in [1.165, 1.54) is 12.5 Å². The van der Waals surface area contributed by atoms with Gasteiger partial charge in [0, 0.05) is 18.3 Å². The van der Waals surface area contributed by atoms with Crippen LogP contribution in [0.2, 0.25) is 0 Å². The van der Waals surface area contributed by atoms with Gasteiger partial charge < -0.3 is 36.5 Å². The Morgan fingerprint density at radius 2 is 1.79 bits per heavy atom. The molecule has 0 bridgehead atoms. The number of amides is 3. The van der Waals surface area contributed by atoms with Crippen LogP contribution in [0.4, 0.5) is 0 Å². The summed E-state index contributed by atoms with van der Waals surface area (Å²) in [7, 11) is 0. The zero-order valence-corrected chi connectivity index (χ0v) is 18.5. The molecule has 2 rings (SSSR count). The fourth-order valence-electron chi connectivity index (χ4n) is 3.43. The Morgan fingerprint density at radius 3 is 2.30 bits per heavy atom. The number of rotatable bonds is 12. The third-order valence-electron chi connectivity index (χ3n) is 5.23. The number of aromatic nitrogens is 2. The smallest absolute Gasteiger partial charge is 0.326 e. The number of carboxylic acid groups (broad SMARTS) is 2. The van der Waals surface area contributed by atoms with E-state index in [2.05, 4.69) is 31.2 Å². The van der Waals surface area contributed by atoms with Gasteiger partial charge in [0.15, 0.2) is 0 Å². The number of hydrogen-bond acceptors (Lipinski definition) is 7. The normalized spacial score (nSPS) is 18.2. The highest BCUT2D eigenvalue weighted by atomic mass is 16.4. The molecule has 33 heavy (non-hydrogen) atoms. The number of carbonyl (C=O) groups excluding carboxylic acids is 3. The average molecular weight is 466 g/mol. The number of carboxylic acids is 2. The summed E-state index contributed by atoms with van der Waals surface area (Å²) >= 11 is 0. The summed E-state index contributed by atoms with van der Waals surface area (Å²) in [4.78, 5) is 67.6. The first-order valence-corrected chi connectivity index (χ1v) is 10.6. The van der Waals surface area contributed by atoms with Gasteiger partial charge in [0.2, 0.25) is 17.7 Å². The summed E-state index contributed by atoms with van der Waals surface area (Å²) in [6, 6.07) is -4.38. The number of hydrogen-bond donors (Lipinski definition) is 7. The number of nitrogens with one attached hydrogen (secondary N) is 5. The summed E-state index contributed by atoms with van der Waals surface area (Å²) in [5, 5.41) is 28.8. The Balaban J connectivity index is 2.16. The summed E-state index contributed by atoms with van der Waals surface area (Å²) in [5.74, 6) is -5.25. The number of aromatic amines is 1. The lowest BCUT2D eigenvalue weighted by Gasteiger charge is -2.25. The molecule has 3 amide bonds. The lowest BCUT2D eigenvalue weighted by molar-refractivity contribution is -0.144. The van der Waals surface area contributed by atoms with E-state index < -0.39 is 66.2 Å². The van der Waals surface area contributed by atoms with Crippen molar-refractivity contribution in [1.29, 1.82) is 0 Å². The van der Waals surface area contributed by atoms with Crippen molar-refractivity contribution in [2.75, 3.05) is 6.54 Å². The molecule has 13 heteroatoms. The predicted octanol–water partition coefficient (Wildman–Crippen LogP) is -1.63. The van der Waals surface area contributed by atoms with E-state index in [9.17, 15) is 34.2 Å². The first-order valence-electron chi connectivity index (χ1n) is 10.6. The van der Waals surface area contributed by atoms with Gasteiger partial charge in [0.25, 0.3) is 0 Å². The molecule has 0 aliphatic carbocycles. The lowest BCUT2D eigenvalue weighted by atomic mass is 10.0. The second kappa shape index (κ2) is 11.9. The van der Waals surface area contributed by atoms with E-state index in [4.69, 9.17) is 0 Å². The molecule has 4 unspecified atom stereocenters. The molecule has 0 aromatic carbocycles. The standard InChI is InChI=1S/C20H30N6O7/c1-10(2)16(20(32)33)26-19(31)14(7-15(27)28)25-18(30)13(6-11-8-21-9-23-11)24-17(29)12-4-3-5-22-12/h8-10,12-14,16,22H,3-7H2,1-2H3,(H,21,23)(H,24,29)(H,25,30)(H,26,31)(H,27,28)(H,32,33). The Bertz CT molecular complexity index is 851. The maximum Gasteiger partial charge on any atom is 0.326 e. The number of imidazole rings is 1. The SMILES string of the molecule is CC(C)C(NC(=O)C(CC(=O)O)NC(=O)C(Cc1cnc[nH]1)NC(=O)C1CCCN1)C(=O)O. The van der Waals surface area contributed by atoms with Crippen molar-refractivity contribution in [3.63, 3.8) is 0 Å². The van der Waals surface area contributed by atoms with E-state index in [0.29, 0.717) is 18.7 Å². The second-order valence-corrected chi connectivity index (χ2v) is 8.22. The van der Waals surface area contributed by atoms with Gasteiger partial charge in [0.05, 0.1) is 18.8 Å². The topological polar surface area (TPSA) is 203 Å². The van der Waals surface area contributed by atoms with Crippen molar-refractivity contribution < 1.29 is 34.2 Å². The quantitative estimate of drug-likeness (QED) is 0.189. The third kappa shape index (κ3) is 7.86. The van der Waals surface area contributed by atoms with Crippen molar-refractivity contribution in [3.8, 4) is 0 Å². The molecule has 1 saturated heterocycles. The monoisotopic (exact) mass is 466 g/mol. The van der Waals surface area contributed by atoms with Gasteiger partial charge in [0.1, 0.15) is 18.1 Å². The highest BCUT2D eigenvalue weighted by Crippen LogP contribution is 2.08. The molecule has 13 nitrogen and oxygen atoms in total. The maximum absolute atomic E-state index is 13.0. The van der Waals surface area contributed by atoms with E-state index in [0.717, 1.165) is 6.42 Å². The molecule has 7 N–H and O–H groups in total. The van der Waals surface area contributed by atoms with Gasteiger partial charge in [-0.1, -0.05) is 13.8 Å². The molecule has 4 atom stereocenters. The van der Waals surface area contributed by atoms with E-state index in [-0.39, 0.29) is 6.42 Å². The van der Waals surface area contributed by atoms with Gasteiger partial charge in [-0.2, -0.15) is 0 Å². The average Bonchev–Trinajstić information content (AvgIpc) is 3.44. The molecular formula is C20H30N6O7. The molecular weight excluding hydrogens is 436 g/mol. The molecule has 0 saturated carbocycles. The van der Waals surface area contributed by atoms with Gasteiger partial charge in [-0.3, -0.25) is 19.2 Å². The summed E-state index contributed by atoms with van der Waals surface area (Å²) < 4.78 is 0. The van der Waals surface area contributed by atoms with Crippen LogP contribution in [0.3, 0.4) is 0 Å². The molecule has 1 aliphatic rings. The predicted molar refractivity (Wildman–Crippen MR) is 114 cm³/mol. The van der Waals surface area contributed by atoms with Crippen LogP contribution in [0.15, 0.2) is 12.5 Å².